The van der Waals surface area contributed by atoms with E-state index in [1.165, 1.54) is 0 Å². The SMILES string of the molecule is CC(C)C(C)(O)CNC(=O)c1cc(-c2ccco2)[nH]n1. The third-order valence-corrected chi connectivity index (χ3v) is 3.45. The Labute approximate surface area is 117 Å². The fourth-order valence-electron chi connectivity index (χ4n) is 1.55. The molecule has 2 aromatic rings. The van der Waals surface area contributed by atoms with E-state index >= 15 is 0 Å². The summed E-state index contributed by atoms with van der Waals surface area (Å²) in [6.45, 7) is 5.66. The van der Waals surface area contributed by atoms with Gasteiger partial charge in [-0.1, -0.05) is 13.8 Å². The molecule has 108 valence electrons. The van der Waals surface area contributed by atoms with Crippen molar-refractivity contribution in [3.05, 3.63) is 30.2 Å². The van der Waals surface area contributed by atoms with Gasteiger partial charge < -0.3 is 14.8 Å². The van der Waals surface area contributed by atoms with Crippen LogP contribution in [0.25, 0.3) is 11.5 Å². The third-order valence-electron chi connectivity index (χ3n) is 3.45. The van der Waals surface area contributed by atoms with Crippen LogP contribution >= 0.6 is 0 Å². The van der Waals surface area contributed by atoms with Gasteiger partial charge in [0.1, 0.15) is 5.69 Å². The van der Waals surface area contributed by atoms with Crippen LogP contribution in [0.1, 0.15) is 31.3 Å². The summed E-state index contributed by atoms with van der Waals surface area (Å²) in [7, 11) is 0. The summed E-state index contributed by atoms with van der Waals surface area (Å²) < 4.78 is 5.22. The van der Waals surface area contributed by atoms with E-state index in [4.69, 9.17) is 4.42 Å². The topological polar surface area (TPSA) is 91.1 Å². The number of rotatable bonds is 5. The first-order valence-corrected chi connectivity index (χ1v) is 6.50. The molecule has 6 nitrogen and oxygen atoms in total. The van der Waals surface area contributed by atoms with Gasteiger partial charge in [0.2, 0.25) is 0 Å². The molecular weight excluding hydrogens is 258 g/mol. The molecule has 0 spiro atoms. The standard InChI is InChI=1S/C14H19N3O3/c1-9(2)14(3,19)8-15-13(18)11-7-10(16-17-11)12-5-4-6-20-12/h4-7,9,19H,8H2,1-3H3,(H,15,18)(H,16,17). The molecule has 0 bridgehead atoms. The number of hydrogen-bond donors (Lipinski definition) is 3. The van der Waals surface area contributed by atoms with Crippen molar-refractivity contribution in [2.45, 2.75) is 26.4 Å². The number of H-pyrrole nitrogens is 1. The predicted molar refractivity (Wildman–Crippen MR) is 74.1 cm³/mol. The highest BCUT2D eigenvalue weighted by Crippen LogP contribution is 2.18. The molecule has 0 aromatic carbocycles. The van der Waals surface area contributed by atoms with Gasteiger partial charge >= 0.3 is 0 Å². The molecule has 0 radical (unpaired) electrons. The Hall–Kier alpha value is -2.08. The molecule has 1 atom stereocenters. The first kappa shape index (κ1) is 14.3. The summed E-state index contributed by atoms with van der Waals surface area (Å²) in [5.74, 6) is 0.325. The lowest BCUT2D eigenvalue weighted by atomic mass is 9.92. The quantitative estimate of drug-likeness (QED) is 0.777. The van der Waals surface area contributed by atoms with Crippen LogP contribution in [0.2, 0.25) is 0 Å². The van der Waals surface area contributed by atoms with Crippen molar-refractivity contribution in [1.82, 2.24) is 15.5 Å². The second-order valence-electron chi connectivity index (χ2n) is 5.34. The highest BCUT2D eigenvalue weighted by Gasteiger charge is 2.26. The Morgan fingerprint density at radius 1 is 1.60 bits per heavy atom. The second kappa shape index (κ2) is 5.50. The zero-order valence-electron chi connectivity index (χ0n) is 11.8. The Balaban J connectivity index is 2.00. The second-order valence-corrected chi connectivity index (χ2v) is 5.34. The molecule has 2 rings (SSSR count). The Kier molecular flexibility index (Phi) is 3.94. The zero-order valence-corrected chi connectivity index (χ0v) is 11.8. The molecule has 6 heteroatoms. The fourth-order valence-corrected chi connectivity index (χ4v) is 1.55. The van der Waals surface area contributed by atoms with Crippen molar-refractivity contribution in [1.29, 1.82) is 0 Å². The highest BCUT2D eigenvalue weighted by molar-refractivity contribution is 5.93. The molecule has 0 saturated heterocycles. The van der Waals surface area contributed by atoms with E-state index in [0.29, 0.717) is 11.5 Å². The lowest BCUT2D eigenvalue weighted by Gasteiger charge is -2.27. The smallest absolute Gasteiger partial charge is 0.271 e. The van der Waals surface area contributed by atoms with Crippen molar-refractivity contribution in [3.8, 4) is 11.5 Å². The molecule has 3 N–H and O–H groups in total. The van der Waals surface area contributed by atoms with Crippen molar-refractivity contribution < 1.29 is 14.3 Å². The maximum atomic E-state index is 12.0. The predicted octanol–water partition coefficient (Wildman–Crippen LogP) is 1.81. The van der Waals surface area contributed by atoms with Gasteiger partial charge in [0.15, 0.2) is 11.5 Å². The number of nitrogens with one attached hydrogen (secondary N) is 2. The average molecular weight is 277 g/mol. The van der Waals surface area contributed by atoms with Crippen LogP contribution in [0.15, 0.2) is 28.9 Å². The van der Waals surface area contributed by atoms with Crippen molar-refractivity contribution in [2.24, 2.45) is 5.92 Å². The molecule has 2 aromatic heterocycles. The first-order chi connectivity index (χ1) is 9.40. The van der Waals surface area contributed by atoms with Crippen molar-refractivity contribution >= 4 is 5.91 Å². The molecule has 20 heavy (non-hydrogen) atoms. The first-order valence-electron chi connectivity index (χ1n) is 6.50. The lowest BCUT2D eigenvalue weighted by molar-refractivity contribution is 0.0142. The number of hydrogen-bond acceptors (Lipinski definition) is 4. The summed E-state index contributed by atoms with van der Waals surface area (Å²) in [6.07, 6.45) is 1.55. The van der Waals surface area contributed by atoms with Gasteiger partial charge in [0.05, 0.1) is 11.9 Å². The summed E-state index contributed by atoms with van der Waals surface area (Å²) >= 11 is 0. The molecule has 0 aliphatic heterocycles. The van der Waals surface area contributed by atoms with Gasteiger partial charge in [0, 0.05) is 12.6 Å². The van der Waals surface area contributed by atoms with E-state index in [0.717, 1.165) is 0 Å². The van der Waals surface area contributed by atoms with Gasteiger partial charge in [-0.15, -0.1) is 0 Å². The minimum atomic E-state index is -0.949. The van der Waals surface area contributed by atoms with Gasteiger partial charge in [-0.25, -0.2) is 0 Å². The Morgan fingerprint density at radius 2 is 2.35 bits per heavy atom. The number of aromatic nitrogens is 2. The molecule has 2 heterocycles. The molecule has 0 aliphatic carbocycles. The Bertz CT molecular complexity index is 570. The number of carbonyl (C=O) groups is 1. The summed E-state index contributed by atoms with van der Waals surface area (Å²) in [6, 6.07) is 5.15. The van der Waals surface area contributed by atoms with Gasteiger partial charge in [-0.2, -0.15) is 5.10 Å². The minimum Gasteiger partial charge on any atom is -0.463 e. The molecule has 0 aliphatic rings. The number of aromatic amines is 1. The molecular formula is C14H19N3O3. The van der Waals surface area contributed by atoms with E-state index in [2.05, 4.69) is 15.5 Å². The third kappa shape index (κ3) is 3.08. The summed E-state index contributed by atoms with van der Waals surface area (Å²) in [4.78, 5) is 12.0. The van der Waals surface area contributed by atoms with Crippen LogP contribution in [0.5, 0.6) is 0 Å². The monoisotopic (exact) mass is 277 g/mol. The van der Waals surface area contributed by atoms with Gasteiger partial charge in [0.25, 0.3) is 5.91 Å². The van der Waals surface area contributed by atoms with E-state index in [-0.39, 0.29) is 24.1 Å². The van der Waals surface area contributed by atoms with E-state index in [1.807, 2.05) is 13.8 Å². The molecule has 0 saturated carbocycles. The molecule has 0 fully saturated rings. The van der Waals surface area contributed by atoms with Crippen LogP contribution in [0.4, 0.5) is 0 Å². The zero-order chi connectivity index (χ0) is 14.8. The molecule has 1 amide bonds. The number of nitrogens with zero attached hydrogens (tertiary/aromatic N) is 1. The van der Waals surface area contributed by atoms with Gasteiger partial charge in [-0.05, 0) is 25.0 Å². The summed E-state index contributed by atoms with van der Waals surface area (Å²) in [5.41, 5.74) is -0.0535. The molecule has 1 unspecified atom stereocenters. The van der Waals surface area contributed by atoms with Crippen molar-refractivity contribution in [2.75, 3.05) is 6.54 Å². The maximum Gasteiger partial charge on any atom is 0.271 e. The number of amides is 1. The fraction of sp³-hybridized carbons (Fsp3) is 0.429. The maximum absolute atomic E-state index is 12.0. The normalized spacial score (nSPS) is 14.2. The highest BCUT2D eigenvalue weighted by atomic mass is 16.3. The van der Waals surface area contributed by atoms with E-state index < -0.39 is 5.60 Å². The minimum absolute atomic E-state index is 0.0423. The van der Waals surface area contributed by atoms with Crippen LogP contribution in [-0.2, 0) is 0 Å². The van der Waals surface area contributed by atoms with Crippen LogP contribution < -0.4 is 5.32 Å². The van der Waals surface area contributed by atoms with Crippen LogP contribution in [-0.4, -0.2) is 33.4 Å². The van der Waals surface area contributed by atoms with E-state index in [1.54, 1.807) is 31.4 Å². The number of carbonyl (C=O) groups excluding carboxylic acids is 1. The van der Waals surface area contributed by atoms with E-state index in [9.17, 15) is 9.90 Å². The number of aliphatic hydroxyl groups is 1. The summed E-state index contributed by atoms with van der Waals surface area (Å²) in [5, 5.41) is 19.4. The average Bonchev–Trinajstić information content (AvgIpc) is 3.05. The Morgan fingerprint density at radius 3 is 2.95 bits per heavy atom. The number of furan rings is 1. The van der Waals surface area contributed by atoms with Gasteiger partial charge in [-0.3, -0.25) is 9.89 Å². The van der Waals surface area contributed by atoms with Crippen molar-refractivity contribution in [3.63, 3.8) is 0 Å². The van der Waals surface area contributed by atoms with Crippen LogP contribution in [0, 0.1) is 5.92 Å². The largest absolute Gasteiger partial charge is 0.463 e. The van der Waals surface area contributed by atoms with Crippen LogP contribution in [0.3, 0.4) is 0 Å². The lowest BCUT2D eigenvalue weighted by Crippen LogP contribution is -2.44.